The highest BCUT2D eigenvalue weighted by Gasteiger charge is 2.36. The van der Waals surface area contributed by atoms with Gasteiger partial charge in [0.2, 0.25) is 11.8 Å². The topological polar surface area (TPSA) is 40.6 Å². The Morgan fingerprint density at radius 2 is 1.90 bits per heavy atom. The third-order valence-corrected chi connectivity index (χ3v) is 3.90. The van der Waals surface area contributed by atoms with Crippen molar-refractivity contribution < 1.29 is 9.59 Å². The maximum absolute atomic E-state index is 12.7. The number of carbonyl (C=O) groups excluding carboxylic acids is 2. The first-order valence-corrected chi connectivity index (χ1v) is 7.59. The summed E-state index contributed by atoms with van der Waals surface area (Å²) in [5.74, 6) is 0.458. The predicted molar refractivity (Wildman–Crippen MR) is 82.5 cm³/mol. The zero-order chi connectivity index (χ0) is 15.4. The average molecular weight is 288 g/mol. The molecule has 4 nitrogen and oxygen atoms in total. The molecule has 1 fully saturated rings. The minimum absolute atomic E-state index is 0.00615. The van der Waals surface area contributed by atoms with E-state index in [1.807, 2.05) is 35.2 Å². The third kappa shape index (κ3) is 3.84. The Hall–Kier alpha value is -1.84. The molecule has 0 aromatic heterocycles. The first-order chi connectivity index (χ1) is 9.99. The highest BCUT2D eigenvalue weighted by molar-refractivity contribution is 5.88. The van der Waals surface area contributed by atoms with Gasteiger partial charge in [-0.2, -0.15) is 0 Å². The summed E-state index contributed by atoms with van der Waals surface area (Å²) in [5, 5.41) is 0. The van der Waals surface area contributed by atoms with Crippen molar-refractivity contribution in [1.82, 2.24) is 9.80 Å². The molecule has 4 heteroatoms. The van der Waals surface area contributed by atoms with Gasteiger partial charge in [0, 0.05) is 26.6 Å². The van der Waals surface area contributed by atoms with Crippen LogP contribution in [-0.4, -0.2) is 40.7 Å². The largest absolute Gasteiger partial charge is 0.335 e. The third-order valence-electron chi connectivity index (χ3n) is 3.90. The number of hydrogen-bond donors (Lipinski definition) is 0. The zero-order valence-electron chi connectivity index (χ0n) is 13.1. The molecule has 0 saturated carbocycles. The first-order valence-electron chi connectivity index (χ1n) is 7.59. The molecule has 1 saturated heterocycles. The van der Waals surface area contributed by atoms with Gasteiger partial charge in [0.1, 0.15) is 6.04 Å². The molecule has 0 spiro atoms. The molecule has 2 rings (SSSR count). The highest BCUT2D eigenvalue weighted by atomic mass is 16.2. The van der Waals surface area contributed by atoms with E-state index in [-0.39, 0.29) is 17.9 Å². The Bertz CT molecular complexity index is 499. The van der Waals surface area contributed by atoms with E-state index in [0.717, 1.165) is 12.0 Å². The van der Waals surface area contributed by atoms with E-state index in [2.05, 4.69) is 13.8 Å². The van der Waals surface area contributed by atoms with E-state index in [9.17, 15) is 9.59 Å². The van der Waals surface area contributed by atoms with Gasteiger partial charge in [0.25, 0.3) is 0 Å². The van der Waals surface area contributed by atoms with E-state index < -0.39 is 0 Å². The van der Waals surface area contributed by atoms with Crippen LogP contribution in [0.5, 0.6) is 0 Å². The van der Waals surface area contributed by atoms with Crippen LogP contribution in [0.2, 0.25) is 0 Å². The van der Waals surface area contributed by atoms with Crippen LogP contribution in [0.4, 0.5) is 0 Å². The van der Waals surface area contributed by atoms with Gasteiger partial charge in [-0.1, -0.05) is 44.2 Å². The summed E-state index contributed by atoms with van der Waals surface area (Å²) >= 11 is 0. The molecule has 1 aromatic rings. The SMILES string of the molecule is CC(=O)N1CCN(Cc2ccccc2)C(=O)[C@@H]1CC(C)C. The monoisotopic (exact) mass is 288 g/mol. The van der Waals surface area contributed by atoms with E-state index >= 15 is 0 Å². The van der Waals surface area contributed by atoms with Crippen molar-refractivity contribution >= 4 is 11.8 Å². The average Bonchev–Trinajstić information content (AvgIpc) is 2.43. The number of piperazine rings is 1. The lowest BCUT2D eigenvalue weighted by molar-refractivity contribution is -0.151. The van der Waals surface area contributed by atoms with E-state index in [1.165, 1.54) is 0 Å². The van der Waals surface area contributed by atoms with Gasteiger partial charge in [-0.25, -0.2) is 0 Å². The van der Waals surface area contributed by atoms with E-state index in [1.54, 1.807) is 11.8 Å². The lowest BCUT2D eigenvalue weighted by atomic mass is 9.98. The zero-order valence-corrected chi connectivity index (χ0v) is 13.1. The number of carbonyl (C=O) groups is 2. The fourth-order valence-corrected chi connectivity index (χ4v) is 2.85. The van der Waals surface area contributed by atoms with Crippen LogP contribution in [0.1, 0.15) is 32.8 Å². The molecule has 1 aliphatic heterocycles. The second-order valence-electron chi connectivity index (χ2n) is 6.10. The maximum Gasteiger partial charge on any atom is 0.245 e. The highest BCUT2D eigenvalue weighted by Crippen LogP contribution is 2.20. The number of benzene rings is 1. The Morgan fingerprint density at radius 3 is 2.48 bits per heavy atom. The predicted octanol–water partition coefficient (Wildman–Crippen LogP) is 2.29. The summed E-state index contributed by atoms with van der Waals surface area (Å²) in [7, 11) is 0. The molecular weight excluding hydrogens is 264 g/mol. The Morgan fingerprint density at radius 1 is 1.24 bits per heavy atom. The van der Waals surface area contributed by atoms with Crippen molar-refractivity contribution in [1.29, 1.82) is 0 Å². The van der Waals surface area contributed by atoms with Crippen LogP contribution in [0, 0.1) is 5.92 Å². The molecule has 1 heterocycles. The number of hydrogen-bond acceptors (Lipinski definition) is 2. The van der Waals surface area contributed by atoms with Crippen molar-refractivity contribution in [2.24, 2.45) is 5.92 Å². The Labute approximate surface area is 126 Å². The number of amides is 2. The normalized spacial score (nSPS) is 19.2. The van der Waals surface area contributed by atoms with Crippen molar-refractivity contribution in [3.63, 3.8) is 0 Å². The second kappa shape index (κ2) is 6.74. The van der Waals surface area contributed by atoms with Crippen LogP contribution in [0.15, 0.2) is 30.3 Å². The van der Waals surface area contributed by atoms with Gasteiger partial charge in [-0.15, -0.1) is 0 Å². The van der Waals surface area contributed by atoms with Crippen LogP contribution in [0.3, 0.4) is 0 Å². The minimum atomic E-state index is -0.306. The second-order valence-corrected chi connectivity index (χ2v) is 6.10. The fraction of sp³-hybridized carbons (Fsp3) is 0.529. The van der Waals surface area contributed by atoms with Gasteiger partial charge >= 0.3 is 0 Å². The quantitative estimate of drug-likeness (QED) is 0.853. The molecule has 2 amide bonds. The Kier molecular flexibility index (Phi) is 4.99. The van der Waals surface area contributed by atoms with Crippen LogP contribution >= 0.6 is 0 Å². The molecule has 1 aromatic carbocycles. The van der Waals surface area contributed by atoms with Crippen molar-refractivity contribution in [3.05, 3.63) is 35.9 Å². The van der Waals surface area contributed by atoms with Gasteiger partial charge < -0.3 is 9.80 Å². The summed E-state index contributed by atoms with van der Waals surface area (Å²) in [6, 6.07) is 9.69. The molecule has 1 aliphatic rings. The molecule has 1 atom stereocenters. The first kappa shape index (κ1) is 15.5. The molecule has 0 unspecified atom stereocenters. The summed E-state index contributed by atoms with van der Waals surface area (Å²) in [5.41, 5.74) is 1.13. The molecule has 0 aliphatic carbocycles. The molecule has 21 heavy (non-hydrogen) atoms. The number of nitrogens with zero attached hydrogens (tertiary/aromatic N) is 2. The molecular formula is C17H24N2O2. The molecule has 0 radical (unpaired) electrons. The van der Waals surface area contributed by atoms with Gasteiger partial charge in [-0.3, -0.25) is 9.59 Å². The van der Waals surface area contributed by atoms with Crippen LogP contribution in [0.25, 0.3) is 0 Å². The van der Waals surface area contributed by atoms with Crippen molar-refractivity contribution in [2.45, 2.75) is 39.8 Å². The van der Waals surface area contributed by atoms with Crippen molar-refractivity contribution in [3.8, 4) is 0 Å². The lowest BCUT2D eigenvalue weighted by Gasteiger charge is -2.41. The lowest BCUT2D eigenvalue weighted by Crippen LogP contribution is -2.58. The van der Waals surface area contributed by atoms with E-state index in [0.29, 0.717) is 25.6 Å². The molecule has 114 valence electrons. The minimum Gasteiger partial charge on any atom is -0.335 e. The summed E-state index contributed by atoms with van der Waals surface area (Å²) < 4.78 is 0. The van der Waals surface area contributed by atoms with Gasteiger partial charge in [0.05, 0.1) is 0 Å². The van der Waals surface area contributed by atoms with Crippen molar-refractivity contribution in [2.75, 3.05) is 13.1 Å². The van der Waals surface area contributed by atoms with Crippen LogP contribution in [-0.2, 0) is 16.1 Å². The molecule has 0 N–H and O–H groups in total. The fourth-order valence-electron chi connectivity index (χ4n) is 2.85. The van der Waals surface area contributed by atoms with Crippen LogP contribution < -0.4 is 0 Å². The smallest absolute Gasteiger partial charge is 0.245 e. The number of rotatable bonds is 4. The summed E-state index contributed by atoms with van der Waals surface area (Å²) in [4.78, 5) is 28.1. The Balaban J connectivity index is 2.12. The van der Waals surface area contributed by atoms with Gasteiger partial charge in [-0.05, 0) is 17.9 Å². The summed E-state index contributed by atoms with van der Waals surface area (Å²) in [6.45, 7) is 7.59. The maximum atomic E-state index is 12.7. The van der Waals surface area contributed by atoms with Gasteiger partial charge in [0.15, 0.2) is 0 Å². The summed E-state index contributed by atoms with van der Waals surface area (Å²) in [6.07, 6.45) is 0.726. The molecule has 0 bridgehead atoms. The standard InChI is InChI=1S/C17H24N2O2/c1-13(2)11-16-17(21)18(9-10-19(16)14(3)20)12-15-7-5-4-6-8-15/h4-8,13,16H,9-12H2,1-3H3/t16-/m0/s1. The van der Waals surface area contributed by atoms with E-state index in [4.69, 9.17) is 0 Å².